The summed E-state index contributed by atoms with van der Waals surface area (Å²) in [6.45, 7) is 2.70. The van der Waals surface area contributed by atoms with E-state index in [1.807, 2.05) is 0 Å². The second-order valence-electron chi connectivity index (χ2n) is 25.8. The minimum atomic E-state index is -4.91. The molecule has 0 fully saturated rings. The molecule has 0 spiro atoms. The van der Waals surface area contributed by atoms with Gasteiger partial charge in [0.25, 0.3) is 0 Å². The lowest BCUT2D eigenvalue weighted by molar-refractivity contribution is -0.161. The third-order valence-corrected chi connectivity index (χ3v) is 18.5. The van der Waals surface area contributed by atoms with Crippen molar-refractivity contribution in [1.29, 1.82) is 0 Å². The summed E-state index contributed by atoms with van der Waals surface area (Å²) in [6.07, 6.45) is 71.8. The maximum absolute atomic E-state index is 12.9. The van der Waals surface area contributed by atoms with Crippen molar-refractivity contribution >= 4 is 33.6 Å². The fourth-order valence-electron chi connectivity index (χ4n) is 10.7. The van der Waals surface area contributed by atoms with Crippen LogP contribution < -0.4 is 0 Å². The maximum Gasteiger partial charge on any atom is 0.472 e. The summed E-state index contributed by atoms with van der Waals surface area (Å²) in [7, 11) is -9.75. The number of aliphatic hydroxyl groups is 2. The van der Waals surface area contributed by atoms with Gasteiger partial charge in [-0.25, -0.2) is 9.13 Å². The van der Waals surface area contributed by atoms with Gasteiger partial charge in [0.2, 0.25) is 0 Å². The molecule has 0 aromatic heterocycles. The smallest absolute Gasteiger partial charge is 0.463 e. The topological polar surface area (TPSA) is 231 Å². The van der Waals surface area contributed by atoms with Crippen molar-refractivity contribution in [3.8, 4) is 0 Å². The lowest BCUT2D eigenvalue weighted by Gasteiger charge is -2.21. The van der Waals surface area contributed by atoms with Crippen molar-refractivity contribution in [2.75, 3.05) is 39.6 Å². The van der Waals surface area contributed by atoms with E-state index in [0.717, 1.165) is 83.5 Å². The molecule has 5 unspecified atom stereocenters. The minimum absolute atomic E-state index is 0.113. The van der Waals surface area contributed by atoms with Gasteiger partial charge in [0.05, 0.1) is 26.4 Å². The molecule has 0 bridgehead atoms. The van der Waals surface area contributed by atoms with Crippen LogP contribution in [0.15, 0.2) is 48.6 Å². The monoisotopic (exact) mass is 1360 g/mol. The Morgan fingerprint density at radius 1 is 0.301 bits per heavy atom. The molecule has 16 nitrogen and oxygen atoms in total. The summed E-state index contributed by atoms with van der Waals surface area (Å²) >= 11 is 0. The number of hydrogen-bond donors (Lipinski definition) is 4. The normalized spacial score (nSPS) is 14.4. The Labute approximate surface area is 568 Å². The molecule has 0 heterocycles. The number of aliphatic hydroxyl groups excluding tert-OH is 2. The molecule has 18 heteroatoms. The van der Waals surface area contributed by atoms with E-state index in [9.17, 15) is 43.5 Å². The van der Waals surface area contributed by atoms with Crippen molar-refractivity contribution in [3.63, 3.8) is 0 Å². The molecule has 0 saturated carbocycles. The largest absolute Gasteiger partial charge is 0.472 e. The van der Waals surface area contributed by atoms with Crippen LogP contribution >= 0.6 is 15.6 Å². The first-order valence-corrected chi connectivity index (χ1v) is 40.9. The quantitative estimate of drug-likeness (QED) is 0.0146. The summed E-state index contributed by atoms with van der Waals surface area (Å²) in [4.78, 5) is 58.4. The van der Waals surface area contributed by atoms with Gasteiger partial charge in [-0.3, -0.25) is 32.5 Å². The van der Waals surface area contributed by atoms with Gasteiger partial charge in [0, 0.05) is 19.3 Å². The number of unbranched alkanes of at least 4 members (excludes halogenated alkanes) is 42. The van der Waals surface area contributed by atoms with Gasteiger partial charge in [-0.05, 0) is 64.2 Å². The third kappa shape index (κ3) is 70.6. The molecule has 546 valence electrons. The van der Waals surface area contributed by atoms with E-state index >= 15 is 0 Å². The summed E-state index contributed by atoms with van der Waals surface area (Å²) in [5, 5.41) is 20.6. The van der Waals surface area contributed by atoms with Gasteiger partial charge in [0.15, 0.2) is 6.10 Å². The Bertz CT molecular complexity index is 1890. The summed E-state index contributed by atoms with van der Waals surface area (Å²) < 4.78 is 60.9. The number of esters is 3. The number of phosphoric ester groups is 2. The third-order valence-electron chi connectivity index (χ3n) is 16.6. The van der Waals surface area contributed by atoms with Crippen LogP contribution in [0.4, 0.5) is 0 Å². The van der Waals surface area contributed by atoms with Crippen molar-refractivity contribution < 1.29 is 75.8 Å². The maximum atomic E-state index is 12.9. The second-order valence-corrected chi connectivity index (χ2v) is 28.7. The molecule has 0 aliphatic carbocycles. The zero-order chi connectivity index (χ0) is 68.1. The predicted octanol–water partition coefficient (Wildman–Crippen LogP) is 21.5. The molecule has 5 atom stereocenters. The molecule has 0 amide bonds. The Balaban J connectivity index is 4.32. The van der Waals surface area contributed by atoms with Gasteiger partial charge in [-0.15, -0.1) is 0 Å². The average molecular weight is 1360 g/mol. The van der Waals surface area contributed by atoms with E-state index in [0.29, 0.717) is 19.3 Å². The highest BCUT2D eigenvalue weighted by atomic mass is 31.2. The number of ether oxygens (including phenoxy) is 3. The number of carbonyl (C=O) groups excluding carboxylic acids is 3. The fourth-order valence-corrected chi connectivity index (χ4v) is 12.3. The fraction of sp³-hybridized carbons (Fsp3) is 0.853. The number of hydrogen-bond acceptors (Lipinski definition) is 14. The van der Waals surface area contributed by atoms with E-state index in [2.05, 4.69) is 69.4 Å². The van der Waals surface area contributed by atoms with Crippen molar-refractivity contribution in [2.24, 2.45) is 0 Å². The zero-order valence-corrected chi connectivity index (χ0v) is 61.2. The van der Waals surface area contributed by atoms with E-state index in [4.69, 9.17) is 32.3 Å². The number of carbonyl (C=O) groups is 3. The van der Waals surface area contributed by atoms with E-state index in [1.165, 1.54) is 212 Å². The molecule has 0 rings (SSSR count). The summed E-state index contributed by atoms with van der Waals surface area (Å²) in [5.41, 5.74) is 0. The highest BCUT2D eigenvalue weighted by Gasteiger charge is 2.29. The molecule has 0 aliphatic rings. The summed E-state index contributed by atoms with van der Waals surface area (Å²) in [6, 6.07) is 0. The Morgan fingerprint density at radius 2 is 0.538 bits per heavy atom. The molecule has 0 aliphatic heterocycles. The van der Waals surface area contributed by atoms with Crippen LogP contribution in [-0.2, 0) is 55.8 Å². The van der Waals surface area contributed by atoms with Gasteiger partial charge >= 0.3 is 33.6 Å². The number of phosphoric acid groups is 2. The average Bonchev–Trinajstić information content (AvgIpc) is 2.38. The summed E-state index contributed by atoms with van der Waals surface area (Å²) in [5.74, 6) is -1.55. The Hall–Kier alpha value is -2.49. The van der Waals surface area contributed by atoms with Crippen LogP contribution in [0.1, 0.15) is 355 Å². The first-order valence-electron chi connectivity index (χ1n) is 37.9. The second kappa shape index (κ2) is 69.4. The van der Waals surface area contributed by atoms with E-state index in [-0.39, 0.29) is 19.3 Å². The molecule has 0 aromatic rings. The lowest BCUT2D eigenvalue weighted by Crippen LogP contribution is -2.30. The molecule has 0 aromatic carbocycles. The number of allylic oxidation sites excluding steroid dienone is 8. The molecule has 4 N–H and O–H groups in total. The van der Waals surface area contributed by atoms with E-state index in [1.54, 1.807) is 0 Å². The van der Waals surface area contributed by atoms with Crippen LogP contribution in [0, 0.1) is 0 Å². The van der Waals surface area contributed by atoms with Crippen molar-refractivity contribution in [3.05, 3.63) is 48.6 Å². The van der Waals surface area contributed by atoms with Crippen molar-refractivity contribution in [1.82, 2.24) is 0 Å². The molecular weight excluding hydrogens is 1220 g/mol. The highest BCUT2D eigenvalue weighted by Crippen LogP contribution is 2.45. The molecule has 0 radical (unpaired) electrons. The van der Waals surface area contributed by atoms with Crippen LogP contribution in [-0.4, -0.2) is 95.9 Å². The first kappa shape index (κ1) is 90.5. The molecule has 93 heavy (non-hydrogen) atoms. The van der Waals surface area contributed by atoms with Crippen LogP contribution in [0.2, 0.25) is 0 Å². The lowest BCUT2D eigenvalue weighted by atomic mass is 10.0. The van der Waals surface area contributed by atoms with Crippen molar-refractivity contribution in [2.45, 2.75) is 373 Å². The molecule has 0 saturated heterocycles. The molecular formula is C75H140O16P2. The first-order chi connectivity index (χ1) is 45.2. The van der Waals surface area contributed by atoms with Crippen LogP contribution in [0.5, 0.6) is 0 Å². The van der Waals surface area contributed by atoms with Gasteiger partial charge in [-0.1, -0.05) is 320 Å². The van der Waals surface area contributed by atoms with E-state index < -0.39 is 91.5 Å². The zero-order valence-electron chi connectivity index (χ0n) is 59.4. The Morgan fingerprint density at radius 3 is 0.871 bits per heavy atom. The number of rotatable bonds is 73. The SMILES string of the molecule is CCCCC/C=C\C/C=C\C/C=C\C/C=C\CCCCCCCCCCCCCCCCCC(=O)OCC(O)COP(=O)(O)OCC(O)COP(=O)(O)OCC(COC(=O)CCCCCCCCCCCCCCCCC)OC(=O)CCCCCCCCCCCCC. The van der Waals surface area contributed by atoms with Crippen LogP contribution in [0.3, 0.4) is 0 Å². The standard InChI is InChI=1S/C75H140O16P2/c1-4-7-10-13-16-19-22-24-26-27-28-29-30-31-32-33-34-35-36-37-38-39-40-41-43-45-47-49-52-55-58-61-73(78)85-64-70(76)65-87-92(81,82)88-66-71(77)67-89-93(83,84)90-69-72(91-75(80)63-60-57-54-51-46-21-18-15-12-9-6-3)68-86-74(79)62-59-56-53-50-48-44-42-25-23-20-17-14-11-8-5-2/h16,19,24,26,28-29,31-32,70-72,76-77H,4-15,17-18,20-23,25,27,30,33-69H2,1-3H3,(H,81,82)(H,83,84)/b19-16-,26-24-,29-28-,32-31-. The Kier molecular flexibility index (Phi) is 67.6. The van der Waals surface area contributed by atoms with Gasteiger partial charge in [-0.2, -0.15) is 0 Å². The van der Waals surface area contributed by atoms with Gasteiger partial charge < -0.3 is 34.2 Å². The highest BCUT2D eigenvalue weighted by molar-refractivity contribution is 7.47. The minimum Gasteiger partial charge on any atom is -0.463 e. The predicted molar refractivity (Wildman–Crippen MR) is 381 cm³/mol. The van der Waals surface area contributed by atoms with Gasteiger partial charge in [0.1, 0.15) is 25.4 Å². The van der Waals surface area contributed by atoms with Crippen LogP contribution in [0.25, 0.3) is 0 Å².